The number of ether oxygens (including phenoxy) is 2. The molecule has 2 aromatic carbocycles. The number of hydrogen-bond acceptors (Lipinski definition) is 5. The molecule has 6 aliphatic rings. The van der Waals surface area contributed by atoms with Gasteiger partial charge in [-0.1, -0.05) is 72.8 Å². The molecule has 0 unspecified atom stereocenters. The zero-order valence-electron chi connectivity index (χ0n) is 21.9. The molecule has 8 atom stereocenters. The highest BCUT2D eigenvalue weighted by Gasteiger charge is 2.82. The van der Waals surface area contributed by atoms with Crippen molar-refractivity contribution in [3.05, 3.63) is 95.1 Å². The van der Waals surface area contributed by atoms with Crippen molar-refractivity contribution >= 4 is 28.9 Å². The SMILES string of the molecule is COC(=O)C1=C(C(=O)OC)[C@H]2C=C[C@H]1[C@@H]1[C@@H]2[C@@H]2[C@@H]1[C@@]1(C)C(=O)[C@@]2(C)C(c2ccccc2)=C1c1ccccc1. The summed E-state index contributed by atoms with van der Waals surface area (Å²) >= 11 is 0. The van der Waals surface area contributed by atoms with Crippen LogP contribution in [-0.4, -0.2) is 31.9 Å². The number of carbonyl (C=O) groups is 3. The van der Waals surface area contributed by atoms with Gasteiger partial charge in [-0.2, -0.15) is 0 Å². The summed E-state index contributed by atoms with van der Waals surface area (Å²) in [5, 5.41) is 0. The zero-order valence-corrected chi connectivity index (χ0v) is 21.9. The number of carbonyl (C=O) groups excluding carboxylic acids is 3. The lowest BCUT2D eigenvalue weighted by atomic mass is 9.36. The Labute approximate surface area is 222 Å². The van der Waals surface area contributed by atoms with Gasteiger partial charge in [-0.15, -0.1) is 0 Å². The minimum atomic E-state index is -0.703. The third kappa shape index (κ3) is 2.46. The maximum absolute atomic E-state index is 14.7. The number of Topliss-reactive ketones (excluding diaryl/α,β-unsaturated/α-hetero) is 1. The van der Waals surface area contributed by atoms with Crippen LogP contribution in [0.3, 0.4) is 0 Å². The molecule has 5 nitrogen and oxygen atoms in total. The first-order valence-corrected chi connectivity index (χ1v) is 13.3. The number of methoxy groups -OCH3 is 2. The van der Waals surface area contributed by atoms with E-state index in [0.29, 0.717) is 11.1 Å². The predicted octanol–water partition coefficient (Wildman–Crippen LogP) is 5.14. The molecule has 0 amide bonds. The number of fused-ring (bicyclic) bond motifs is 5. The summed E-state index contributed by atoms with van der Waals surface area (Å²) in [6, 6.07) is 20.5. The van der Waals surface area contributed by atoms with Crippen molar-refractivity contribution in [2.45, 2.75) is 13.8 Å². The Morgan fingerprint density at radius 3 is 1.37 bits per heavy atom. The smallest absolute Gasteiger partial charge is 0.334 e. The van der Waals surface area contributed by atoms with Crippen molar-refractivity contribution in [3.63, 3.8) is 0 Å². The van der Waals surface area contributed by atoms with E-state index in [2.05, 4.69) is 50.3 Å². The van der Waals surface area contributed by atoms with Gasteiger partial charge in [0.25, 0.3) is 0 Å². The monoisotopic (exact) mass is 506 g/mol. The van der Waals surface area contributed by atoms with Gasteiger partial charge in [-0.3, -0.25) is 4.79 Å². The Morgan fingerprint density at radius 2 is 1.03 bits per heavy atom. The number of ketones is 1. The predicted molar refractivity (Wildman–Crippen MR) is 142 cm³/mol. The molecular weight excluding hydrogens is 476 g/mol. The van der Waals surface area contributed by atoms with Gasteiger partial charge in [0.05, 0.1) is 36.2 Å². The van der Waals surface area contributed by atoms with Gasteiger partial charge in [-0.05, 0) is 59.8 Å². The molecule has 0 heterocycles. The van der Waals surface area contributed by atoms with Gasteiger partial charge in [0.15, 0.2) is 5.78 Å². The van der Waals surface area contributed by atoms with Crippen LogP contribution in [0.5, 0.6) is 0 Å². The topological polar surface area (TPSA) is 69.7 Å². The molecule has 0 spiro atoms. The van der Waals surface area contributed by atoms with Crippen molar-refractivity contribution in [2.75, 3.05) is 14.2 Å². The van der Waals surface area contributed by atoms with E-state index in [1.165, 1.54) is 14.2 Å². The number of hydrogen-bond donors (Lipinski definition) is 0. The van der Waals surface area contributed by atoms with E-state index in [0.717, 1.165) is 22.3 Å². The third-order valence-corrected chi connectivity index (χ3v) is 10.5. The molecule has 0 N–H and O–H groups in total. The minimum Gasteiger partial charge on any atom is -0.466 e. The van der Waals surface area contributed by atoms with Gasteiger partial charge in [0.1, 0.15) is 0 Å². The van der Waals surface area contributed by atoms with Crippen molar-refractivity contribution < 1.29 is 23.9 Å². The Balaban J connectivity index is 1.47. The second-order valence-corrected chi connectivity index (χ2v) is 11.7. The van der Waals surface area contributed by atoms with Crippen LogP contribution in [0.4, 0.5) is 0 Å². The van der Waals surface area contributed by atoms with Gasteiger partial charge >= 0.3 is 11.9 Å². The van der Waals surface area contributed by atoms with Gasteiger partial charge in [0, 0.05) is 11.8 Å². The normalized spacial score (nSPS) is 37.6. The van der Waals surface area contributed by atoms with Crippen molar-refractivity contribution in [3.8, 4) is 0 Å². The molecule has 0 radical (unpaired) electrons. The van der Waals surface area contributed by atoms with Crippen LogP contribution < -0.4 is 0 Å². The lowest BCUT2D eigenvalue weighted by Gasteiger charge is -2.66. The van der Waals surface area contributed by atoms with E-state index >= 15 is 0 Å². The Hall–Kier alpha value is -3.73. The first-order chi connectivity index (χ1) is 18.3. The van der Waals surface area contributed by atoms with E-state index < -0.39 is 22.8 Å². The molecule has 2 saturated carbocycles. The van der Waals surface area contributed by atoms with Crippen LogP contribution in [0.1, 0.15) is 25.0 Å². The fourth-order valence-electron chi connectivity index (χ4n) is 9.39. The highest BCUT2D eigenvalue weighted by Crippen LogP contribution is 2.83. The maximum Gasteiger partial charge on any atom is 0.334 e. The van der Waals surface area contributed by atoms with Crippen LogP contribution in [0.2, 0.25) is 0 Å². The number of esters is 2. The highest BCUT2D eigenvalue weighted by molar-refractivity contribution is 6.23. The maximum atomic E-state index is 14.7. The number of benzene rings is 2. The first-order valence-electron chi connectivity index (χ1n) is 13.3. The summed E-state index contributed by atoms with van der Waals surface area (Å²) in [6.07, 6.45) is 4.12. The van der Waals surface area contributed by atoms with E-state index in [1.807, 2.05) is 36.4 Å². The summed E-state index contributed by atoms with van der Waals surface area (Å²) in [6.45, 7) is 4.25. The molecule has 0 aromatic heterocycles. The summed E-state index contributed by atoms with van der Waals surface area (Å²) < 4.78 is 10.3. The molecule has 0 aliphatic heterocycles. The molecule has 5 heteroatoms. The first kappa shape index (κ1) is 23.4. The van der Waals surface area contributed by atoms with Gasteiger partial charge in [0.2, 0.25) is 0 Å². The van der Waals surface area contributed by atoms with Crippen molar-refractivity contribution in [1.29, 1.82) is 0 Å². The summed E-state index contributed by atoms with van der Waals surface area (Å²) in [5.74, 6) is -1.01. The second-order valence-electron chi connectivity index (χ2n) is 11.7. The molecule has 0 saturated heterocycles. The lowest BCUT2D eigenvalue weighted by Crippen LogP contribution is -2.63. The lowest BCUT2D eigenvalue weighted by molar-refractivity contribution is -0.149. The molecule has 192 valence electrons. The number of rotatable bonds is 4. The average Bonchev–Trinajstić information content (AvgIpc) is 3.20. The summed E-state index contributed by atoms with van der Waals surface area (Å²) in [5.41, 5.74) is 3.77. The quantitative estimate of drug-likeness (QED) is 0.424. The Bertz CT molecular complexity index is 1390. The standard InChI is InChI=1S/C33H30O5/c1-32-25(17-11-7-5-8-12-17)26(18-13-9-6-10-14-18)33(2,31(32)36)28-22-20-16-15-19(21(22)27(28)32)23(29(34)37-3)24(20)30(35)38-4/h5-16,19-22,27-28H,1-4H3/t19-,20-,21+,22+,27+,28+,32-,33-/m0/s1. The number of allylic oxidation sites excluding steroid dienone is 4. The third-order valence-electron chi connectivity index (χ3n) is 10.5. The fourth-order valence-corrected chi connectivity index (χ4v) is 9.39. The Morgan fingerprint density at radius 1 is 0.658 bits per heavy atom. The van der Waals surface area contributed by atoms with Crippen LogP contribution in [0, 0.1) is 46.3 Å². The Kier molecular flexibility index (Phi) is 4.71. The summed E-state index contributed by atoms with van der Waals surface area (Å²) in [4.78, 5) is 40.8. The molecular formula is C33H30O5. The minimum absolute atomic E-state index is 0.0592. The van der Waals surface area contributed by atoms with Crippen LogP contribution in [-0.2, 0) is 23.9 Å². The van der Waals surface area contributed by atoms with E-state index in [9.17, 15) is 14.4 Å². The van der Waals surface area contributed by atoms with E-state index in [-0.39, 0.29) is 41.3 Å². The average molecular weight is 507 g/mol. The molecule has 4 bridgehead atoms. The van der Waals surface area contributed by atoms with Crippen LogP contribution >= 0.6 is 0 Å². The van der Waals surface area contributed by atoms with Crippen LogP contribution in [0.15, 0.2) is 84.0 Å². The molecule has 8 rings (SSSR count). The van der Waals surface area contributed by atoms with Crippen molar-refractivity contribution in [2.24, 2.45) is 46.3 Å². The van der Waals surface area contributed by atoms with Crippen LogP contribution in [0.25, 0.3) is 11.1 Å². The second kappa shape index (κ2) is 7.66. The van der Waals surface area contributed by atoms with E-state index in [1.54, 1.807) is 0 Å². The summed E-state index contributed by atoms with van der Waals surface area (Å²) in [7, 11) is 2.70. The fraction of sp³-hybridized carbons (Fsp3) is 0.364. The van der Waals surface area contributed by atoms with Gasteiger partial charge < -0.3 is 9.47 Å². The zero-order chi connectivity index (χ0) is 26.6. The van der Waals surface area contributed by atoms with E-state index in [4.69, 9.17) is 9.47 Å². The van der Waals surface area contributed by atoms with Crippen molar-refractivity contribution in [1.82, 2.24) is 0 Å². The molecule has 6 aliphatic carbocycles. The van der Waals surface area contributed by atoms with Gasteiger partial charge in [-0.25, -0.2) is 9.59 Å². The molecule has 38 heavy (non-hydrogen) atoms. The molecule has 2 aromatic rings. The highest BCUT2D eigenvalue weighted by atomic mass is 16.5. The largest absolute Gasteiger partial charge is 0.466 e. The molecule has 2 fully saturated rings.